The van der Waals surface area contributed by atoms with Crippen molar-refractivity contribution < 1.29 is 28.5 Å². The molecule has 2 aromatic carbocycles. The van der Waals surface area contributed by atoms with Gasteiger partial charge in [0.1, 0.15) is 13.2 Å². The third-order valence-corrected chi connectivity index (χ3v) is 6.61. The summed E-state index contributed by atoms with van der Waals surface area (Å²) in [5, 5.41) is 0. The molecule has 1 amide bonds. The Morgan fingerprint density at radius 3 is 2.31 bits per heavy atom. The van der Waals surface area contributed by atoms with Gasteiger partial charge in [0.2, 0.25) is 5.75 Å². The minimum atomic E-state index is -0.397. The molecule has 3 aromatic rings. The average Bonchev–Trinajstić information content (AvgIpc) is 3.15. The zero-order valence-electron chi connectivity index (χ0n) is 18.3. The van der Waals surface area contributed by atoms with Crippen LogP contribution in [0.5, 0.6) is 28.7 Å². The van der Waals surface area contributed by atoms with E-state index in [0.717, 1.165) is 16.0 Å². The molecule has 8 nitrogen and oxygen atoms in total. The zero-order chi connectivity index (χ0) is 22.7. The number of aryl methyl sites for hydroxylation is 1. The van der Waals surface area contributed by atoms with Gasteiger partial charge in [0.25, 0.3) is 5.91 Å². The number of carbonyl (C=O) groups is 1. The van der Waals surface area contributed by atoms with Crippen molar-refractivity contribution in [2.75, 3.05) is 46.6 Å². The highest BCUT2D eigenvalue weighted by Crippen LogP contribution is 2.38. The summed E-state index contributed by atoms with van der Waals surface area (Å²) < 4.78 is 30.6. The highest BCUT2D eigenvalue weighted by Gasteiger charge is 2.19. The maximum Gasteiger partial charge on any atom is 0.279 e. The van der Waals surface area contributed by atoms with Crippen molar-refractivity contribution in [3.05, 3.63) is 34.6 Å². The predicted molar refractivity (Wildman–Crippen MR) is 125 cm³/mol. The number of thiazole rings is 1. The lowest BCUT2D eigenvalue weighted by molar-refractivity contribution is 0.0997. The van der Waals surface area contributed by atoms with Gasteiger partial charge in [-0.2, -0.15) is 16.8 Å². The van der Waals surface area contributed by atoms with Crippen LogP contribution < -0.4 is 28.5 Å². The molecule has 0 saturated heterocycles. The van der Waals surface area contributed by atoms with Crippen molar-refractivity contribution in [3.8, 4) is 28.7 Å². The first-order valence-electron chi connectivity index (χ1n) is 9.90. The third kappa shape index (κ3) is 4.24. The molecule has 0 N–H and O–H groups in total. The molecule has 0 fully saturated rings. The Hall–Kier alpha value is -2.85. The number of amides is 1. The molecule has 1 aromatic heterocycles. The molecular formula is C22H24N2O6S2. The summed E-state index contributed by atoms with van der Waals surface area (Å²) in [4.78, 5) is 18.2. The van der Waals surface area contributed by atoms with Crippen LogP contribution in [0.2, 0.25) is 0 Å². The maximum atomic E-state index is 13.1. The lowest BCUT2D eigenvalue weighted by Crippen LogP contribution is -2.19. The van der Waals surface area contributed by atoms with Crippen molar-refractivity contribution in [1.82, 2.24) is 4.57 Å². The van der Waals surface area contributed by atoms with E-state index in [-0.39, 0.29) is 0 Å². The van der Waals surface area contributed by atoms with E-state index in [1.54, 1.807) is 23.9 Å². The number of hydrogen-bond acceptors (Lipinski definition) is 8. The Kier molecular flexibility index (Phi) is 6.80. The SMILES string of the molecule is COc1cc(C(=O)N=c2sc3cc4c(cc3n2CCSC)OCCO4)cc(OC)c1OC. The molecule has 32 heavy (non-hydrogen) atoms. The molecule has 0 atom stereocenters. The van der Waals surface area contributed by atoms with Crippen LogP contribution in [0.15, 0.2) is 29.3 Å². The minimum absolute atomic E-state index is 0.347. The van der Waals surface area contributed by atoms with Crippen LogP contribution in [-0.2, 0) is 6.54 Å². The van der Waals surface area contributed by atoms with Gasteiger partial charge in [-0.05, 0) is 18.4 Å². The molecule has 10 heteroatoms. The smallest absolute Gasteiger partial charge is 0.279 e. The van der Waals surface area contributed by atoms with Crippen LogP contribution in [0.3, 0.4) is 0 Å². The second-order valence-corrected chi connectivity index (χ2v) is 8.82. The standard InChI is InChI=1S/C22H24N2O6S2/c1-26-17-9-13(10-18(27-2)20(17)28-3)21(25)23-22-24(5-8-31-4)14-11-15-16(12-19(14)32-22)30-7-6-29-15/h9-12H,5-8H2,1-4H3. The van der Waals surface area contributed by atoms with E-state index < -0.39 is 5.91 Å². The molecular weight excluding hydrogens is 452 g/mol. The maximum absolute atomic E-state index is 13.1. The predicted octanol–water partition coefficient (Wildman–Crippen LogP) is 3.60. The number of carbonyl (C=O) groups excluding carboxylic acids is 1. The summed E-state index contributed by atoms with van der Waals surface area (Å²) in [5.41, 5.74) is 1.31. The average molecular weight is 477 g/mol. The molecule has 4 rings (SSSR count). The fourth-order valence-electron chi connectivity index (χ4n) is 3.45. The molecule has 2 heterocycles. The van der Waals surface area contributed by atoms with Crippen molar-refractivity contribution in [2.24, 2.45) is 4.99 Å². The summed E-state index contributed by atoms with van der Waals surface area (Å²) >= 11 is 3.17. The minimum Gasteiger partial charge on any atom is -0.493 e. The van der Waals surface area contributed by atoms with Gasteiger partial charge in [0, 0.05) is 30.0 Å². The fourth-order valence-corrected chi connectivity index (χ4v) is 4.88. The van der Waals surface area contributed by atoms with Crippen molar-refractivity contribution >= 4 is 39.2 Å². The van der Waals surface area contributed by atoms with Crippen LogP contribution in [0.25, 0.3) is 10.2 Å². The molecule has 1 aliphatic rings. The lowest BCUT2D eigenvalue weighted by atomic mass is 10.1. The Bertz CT molecular complexity index is 1190. The van der Waals surface area contributed by atoms with Gasteiger partial charge < -0.3 is 28.3 Å². The molecule has 0 saturated carbocycles. The van der Waals surface area contributed by atoms with Gasteiger partial charge in [-0.15, -0.1) is 0 Å². The number of benzene rings is 2. The monoisotopic (exact) mass is 476 g/mol. The van der Waals surface area contributed by atoms with Gasteiger partial charge >= 0.3 is 0 Å². The number of methoxy groups -OCH3 is 3. The van der Waals surface area contributed by atoms with Gasteiger partial charge in [0.15, 0.2) is 27.8 Å². The summed E-state index contributed by atoms with van der Waals surface area (Å²) in [6, 6.07) is 7.12. The fraction of sp³-hybridized carbons (Fsp3) is 0.364. The van der Waals surface area contributed by atoms with E-state index in [4.69, 9.17) is 23.7 Å². The molecule has 0 bridgehead atoms. The number of thioether (sulfide) groups is 1. The van der Waals surface area contributed by atoms with E-state index >= 15 is 0 Å². The van der Waals surface area contributed by atoms with Crippen LogP contribution in [0.4, 0.5) is 0 Å². The third-order valence-electron chi connectivity index (χ3n) is 4.97. The summed E-state index contributed by atoms with van der Waals surface area (Å²) in [6.45, 7) is 1.75. The molecule has 0 radical (unpaired) electrons. The van der Waals surface area contributed by atoms with Crippen LogP contribution in [0.1, 0.15) is 10.4 Å². The second kappa shape index (κ2) is 9.74. The highest BCUT2D eigenvalue weighted by molar-refractivity contribution is 7.98. The number of nitrogens with zero attached hydrogens (tertiary/aromatic N) is 2. The zero-order valence-corrected chi connectivity index (χ0v) is 19.9. The van der Waals surface area contributed by atoms with Gasteiger partial charge in [0.05, 0.1) is 31.5 Å². The van der Waals surface area contributed by atoms with Gasteiger partial charge in [-0.1, -0.05) is 11.3 Å². The van der Waals surface area contributed by atoms with E-state index in [1.165, 1.54) is 32.7 Å². The first-order valence-corrected chi connectivity index (χ1v) is 12.1. The number of fused-ring (bicyclic) bond motifs is 2. The summed E-state index contributed by atoms with van der Waals surface area (Å²) in [5.74, 6) is 3.13. The Balaban J connectivity index is 1.83. The molecule has 0 spiro atoms. The van der Waals surface area contributed by atoms with E-state index in [1.807, 2.05) is 23.0 Å². The number of rotatable bonds is 7. The van der Waals surface area contributed by atoms with Gasteiger partial charge in [-0.3, -0.25) is 4.79 Å². The Labute approximate surface area is 193 Å². The summed E-state index contributed by atoms with van der Waals surface area (Å²) in [6.07, 6.45) is 2.05. The number of aromatic nitrogens is 1. The molecule has 0 aliphatic carbocycles. The normalized spacial score (nSPS) is 13.3. The second-order valence-electron chi connectivity index (χ2n) is 6.82. The van der Waals surface area contributed by atoms with Crippen LogP contribution in [-0.4, -0.2) is 57.0 Å². The van der Waals surface area contributed by atoms with Gasteiger partial charge in [-0.25, -0.2) is 0 Å². The van der Waals surface area contributed by atoms with Crippen molar-refractivity contribution in [1.29, 1.82) is 0 Å². The first-order chi connectivity index (χ1) is 15.6. The lowest BCUT2D eigenvalue weighted by Gasteiger charge is -2.18. The van der Waals surface area contributed by atoms with E-state index in [2.05, 4.69) is 4.99 Å². The Morgan fingerprint density at radius 2 is 1.72 bits per heavy atom. The first kappa shape index (κ1) is 22.3. The summed E-state index contributed by atoms with van der Waals surface area (Å²) in [7, 11) is 4.54. The molecule has 170 valence electrons. The Morgan fingerprint density at radius 1 is 1.06 bits per heavy atom. The number of hydrogen-bond donors (Lipinski definition) is 0. The molecule has 1 aliphatic heterocycles. The molecule has 0 unspecified atom stereocenters. The van der Waals surface area contributed by atoms with Crippen molar-refractivity contribution in [2.45, 2.75) is 6.54 Å². The quantitative estimate of drug-likeness (QED) is 0.515. The largest absolute Gasteiger partial charge is 0.493 e. The topological polar surface area (TPSA) is 80.5 Å². The van der Waals surface area contributed by atoms with Crippen molar-refractivity contribution in [3.63, 3.8) is 0 Å². The van der Waals surface area contributed by atoms with Crippen LogP contribution in [0, 0.1) is 0 Å². The highest BCUT2D eigenvalue weighted by atomic mass is 32.2. The number of ether oxygens (including phenoxy) is 5. The van der Waals surface area contributed by atoms with E-state index in [9.17, 15) is 4.79 Å². The van der Waals surface area contributed by atoms with E-state index in [0.29, 0.717) is 58.9 Å². The van der Waals surface area contributed by atoms with Crippen LogP contribution >= 0.6 is 23.1 Å².